The second kappa shape index (κ2) is 7.79. The molecule has 0 bridgehead atoms. The van der Waals surface area contributed by atoms with Gasteiger partial charge in [-0.3, -0.25) is 4.79 Å². The molecule has 132 valence electrons. The van der Waals surface area contributed by atoms with Crippen LogP contribution in [0.3, 0.4) is 0 Å². The maximum Gasteiger partial charge on any atom is 0.257 e. The lowest BCUT2D eigenvalue weighted by Gasteiger charge is -2.09. The van der Waals surface area contributed by atoms with Crippen LogP contribution < -0.4 is 5.32 Å². The minimum absolute atomic E-state index is 0.0771. The maximum atomic E-state index is 12.2. The van der Waals surface area contributed by atoms with E-state index in [4.69, 9.17) is 9.40 Å². The standard InChI is InChI=1S/C21H20N2O2S/c24-20-17(13-7-8-14-22-20)26-21-23-18(15-9-3-1-4-10-15)19(25-21)16-11-5-2-6-12-16/h1-6,9-12,17H,7-8,13-14H2,(H,22,24)/t17-/m1/s1. The summed E-state index contributed by atoms with van der Waals surface area (Å²) in [7, 11) is 0. The topological polar surface area (TPSA) is 55.1 Å². The number of hydrogen-bond donors (Lipinski definition) is 1. The smallest absolute Gasteiger partial charge is 0.257 e. The van der Waals surface area contributed by atoms with Gasteiger partial charge in [0.2, 0.25) is 5.91 Å². The highest BCUT2D eigenvalue weighted by Gasteiger charge is 2.25. The summed E-state index contributed by atoms with van der Waals surface area (Å²) in [5.74, 6) is 0.821. The van der Waals surface area contributed by atoms with E-state index in [1.54, 1.807) is 0 Å². The van der Waals surface area contributed by atoms with Gasteiger partial charge in [-0.05, 0) is 12.8 Å². The van der Waals surface area contributed by atoms with Gasteiger partial charge in [0.1, 0.15) is 5.69 Å². The first kappa shape index (κ1) is 16.9. The van der Waals surface area contributed by atoms with Gasteiger partial charge in [0.05, 0.1) is 5.25 Å². The first-order chi connectivity index (χ1) is 12.8. The summed E-state index contributed by atoms with van der Waals surface area (Å²) in [5.41, 5.74) is 2.80. The second-order valence-corrected chi connectivity index (χ2v) is 7.44. The second-order valence-electron chi connectivity index (χ2n) is 6.28. The van der Waals surface area contributed by atoms with Crippen molar-refractivity contribution in [1.29, 1.82) is 0 Å². The van der Waals surface area contributed by atoms with Gasteiger partial charge in [-0.2, -0.15) is 0 Å². The number of oxazole rings is 1. The Morgan fingerprint density at radius 1 is 0.962 bits per heavy atom. The SMILES string of the molecule is O=C1NCCCC[C@H]1Sc1nc(-c2ccccc2)c(-c2ccccc2)o1. The Hall–Kier alpha value is -2.53. The molecular weight excluding hydrogens is 344 g/mol. The van der Waals surface area contributed by atoms with E-state index in [-0.39, 0.29) is 11.2 Å². The van der Waals surface area contributed by atoms with Crippen molar-refractivity contribution in [2.45, 2.75) is 29.7 Å². The highest BCUT2D eigenvalue weighted by molar-refractivity contribution is 8.00. The number of amides is 1. The molecule has 5 heteroatoms. The Morgan fingerprint density at radius 3 is 2.38 bits per heavy atom. The lowest BCUT2D eigenvalue weighted by molar-refractivity contribution is -0.120. The van der Waals surface area contributed by atoms with Crippen molar-refractivity contribution in [3.8, 4) is 22.6 Å². The summed E-state index contributed by atoms with van der Waals surface area (Å²) in [6, 6.07) is 20.0. The van der Waals surface area contributed by atoms with Gasteiger partial charge in [0.25, 0.3) is 5.22 Å². The van der Waals surface area contributed by atoms with Crippen molar-refractivity contribution in [3.63, 3.8) is 0 Å². The average Bonchev–Trinajstić information content (AvgIpc) is 3.01. The quantitative estimate of drug-likeness (QED) is 0.724. The number of nitrogens with zero attached hydrogens (tertiary/aromatic N) is 1. The van der Waals surface area contributed by atoms with Crippen LogP contribution in [0.1, 0.15) is 19.3 Å². The fraction of sp³-hybridized carbons (Fsp3) is 0.238. The summed E-state index contributed by atoms with van der Waals surface area (Å²) in [6.07, 6.45) is 2.91. The highest BCUT2D eigenvalue weighted by atomic mass is 32.2. The number of nitrogens with one attached hydrogen (secondary N) is 1. The van der Waals surface area contributed by atoms with Crippen LogP contribution in [0.15, 0.2) is 70.3 Å². The molecule has 1 aromatic heterocycles. The van der Waals surface area contributed by atoms with E-state index in [1.165, 1.54) is 11.8 Å². The van der Waals surface area contributed by atoms with Crippen molar-refractivity contribution < 1.29 is 9.21 Å². The van der Waals surface area contributed by atoms with E-state index >= 15 is 0 Å². The van der Waals surface area contributed by atoms with Gasteiger partial charge in [-0.25, -0.2) is 4.98 Å². The molecule has 0 aliphatic carbocycles. The minimum Gasteiger partial charge on any atom is -0.431 e. The molecule has 1 atom stereocenters. The molecule has 0 saturated carbocycles. The van der Waals surface area contributed by atoms with Crippen LogP contribution in [-0.2, 0) is 4.79 Å². The molecule has 0 radical (unpaired) electrons. The Balaban J connectivity index is 1.70. The molecule has 3 aromatic rings. The summed E-state index contributed by atoms with van der Waals surface area (Å²) in [4.78, 5) is 17.0. The minimum atomic E-state index is -0.150. The van der Waals surface area contributed by atoms with Gasteiger partial charge < -0.3 is 9.73 Å². The molecule has 1 fully saturated rings. The normalized spacial score (nSPS) is 17.5. The average molecular weight is 364 g/mol. The van der Waals surface area contributed by atoms with Crippen molar-refractivity contribution in [2.75, 3.05) is 6.54 Å². The molecule has 4 nitrogen and oxygen atoms in total. The van der Waals surface area contributed by atoms with Gasteiger partial charge in [0, 0.05) is 17.7 Å². The molecular formula is C21H20N2O2S. The van der Waals surface area contributed by atoms with Crippen LogP contribution in [0.4, 0.5) is 0 Å². The van der Waals surface area contributed by atoms with Gasteiger partial charge in [-0.1, -0.05) is 78.8 Å². The van der Waals surface area contributed by atoms with E-state index in [1.807, 2.05) is 60.7 Å². The number of carbonyl (C=O) groups excluding carboxylic acids is 1. The summed E-state index contributed by atoms with van der Waals surface area (Å²) in [5, 5.41) is 3.37. The number of thioether (sulfide) groups is 1. The third kappa shape index (κ3) is 3.68. The van der Waals surface area contributed by atoms with Crippen LogP contribution in [0, 0.1) is 0 Å². The van der Waals surface area contributed by atoms with Crippen molar-refractivity contribution in [2.24, 2.45) is 0 Å². The predicted molar refractivity (Wildman–Crippen MR) is 104 cm³/mol. The van der Waals surface area contributed by atoms with Crippen molar-refractivity contribution in [1.82, 2.24) is 10.3 Å². The Labute approximate surface area is 157 Å². The zero-order chi connectivity index (χ0) is 17.8. The molecule has 1 aliphatic heterocycles. The first-order valence-electron chi connectivity index (χ1n) is 8.87. The molecule has 1 saturated heterocycles. The largest absolute Gasteiger partial charge is 0.431 e. The molecule has 0 spiro atoms. The Kier molecular flexibility index (Phi) is 5.07. The molecule has 4 rings (SSSR count). The zero-order valence-corrected chi connectivity index (χ0v) is 15.2. The van der Waals surface area contributed by atoms with Crippen LogP contribution in [0.5, 0.6) is 0 Å². The monoisotopic (exact) mass is 364 g/mol. The summed E-state index contributed by atoms with van der Waals surface area (Å²) in [6.45, 7) is 0.756. The zero-order valence-electron chi connectivity index (χ0n) is 14.4. The van der Waals surface area contributed by atoms with Crippen molar-refractivity contribution >= 4 is 17.7 Å². The number of hydrogen-bond acceptors (Lipinski definition) is 4. The molecule has 1 N–H and O–H groups in total. The number of benzene rings is 2. The van der Waals surface area contributed by atoms with Gasteiger partial charge in [0.15, 0.2) is 5.76 Å². The summed E-state index contributed by atoms with van der Waals surface area (Å²) < 4.78 is 6.12. The van der Waals surface area contributed by atoms with Crippen LogP contribution in [0.25, 0.3) is 22.6 Å². The van der Waals surface area contributed by atoms with E-state index in [0.717, 1.165) is 48.4 Å². The lowest BCUT2D eigenvalue weighted by atomic mass is 10.1. The number of carbonyl (C=O) groups is 1. The van der Waals surface area contributed by atoms with E-state index in [0.29, 0.717) is 5.22 Å². The third-order valence-electron chi connectivity index (χ3n) is 4.42. The van der Waals surface area contributed by atoms with Gasteiger partial charge in [-0.15, -0.1) is 0 Å². The molecule has 26 heavy (non-hydrogen) atoms. The molecule has 1 aliphatic rings. The van der Waals surface area contributed by atoms with Crippen LogP contribution in [0.2, 0.25) is 0 Å². The van der Waals surface area contributed by atoms with Crippen molar-refractivity contribution in [3.05, 3.63) is 60.7 Å². The summed E-state index contributed by atoms with van der Waals surface area (Å²) >= 11 is 1.42. The molecule has 1 amide bonds. The number of rotatable bonds is 4. The van der Waals surface area contributed by atoms with Gasteiger partial charge >= 0.3 is 0 Å². The molecule has 2 heterocycles. The Morgan fingerprint density at radius 2 is 1.65 bits per heavy atom. The number of aromatic nitrogens is 1. The van der Waals surface area contributed by atoms with E-state index in [2.05, 4.69) is 5.32 Å². The lowest BCUT2D eigenvalue weighted by Crippen LogP contribution is -2.30. The highest BCUT2D eigenvalue weighted by Crippen LogP contribution is 2.37. The molecule has 0 unspecified atom stereocenters. The predicted octanol–water partition coefficient (Wildman–Crippen LogP) is 4.77. The first-order valence-corrected chi connectivity index (χ1v) is 9.75. The fourth-order valence-corrected chi connectivity index (χ4v) is 4.07. The van der Waals surface area contributed by atoms with E-state index in [9.17, 15) is 4.79 Å². The maximum absolute atomic E-state index is 12.2. The Bertz CT molecular complexity index is 821. The van der Waals surface area contributed by atoms with E-state index < -0.39 is 0 Å². The molecule has 2 aromatic carbocycles. The van der Waals surface area contributed by atoms with Crippen LogP contribution in [-0.4, -0.2) is 22.7 Å². The fourth-order valence-electron chi connectivity index (χ4n) is 3.07. The van der Waals surface area contributed by atoms with Crippen LogP contribution >= 0.6 is 11.8 Å². The third-order valence-corrected chi connectivity index (χ3v) is 5.53.